The van der Waals surface area contributed by atoms with Gasteiger partial charge in [-0.05, 0) is 30.4 Å². The molecule has 1 atom stereocenters. The molecule has 0 spiro atoms. The summed E-state index contributed by atoms with van der Waals surface area (Å²) in [7, 11) is 0. The quantitative estimate of drug-likeness (QED) is 0.673. The largest absolute Gasteiger partial charge is 0.354 e. The van der Waals surface area contributed by atoms with Gasteiger partial charge in [-0.2, -0.15) is 0 Å². The third-order valence-electron chi connectivity index (χ3n) is 4.57. The Balaban J connectivity index is 2.09. The smallest absolute Gasteiger partial charge is 0.180 e. The first-order valence-electron chi connectivity index (χ1n) is 8.50. The summed E-state index contributed by atoms with van der Waals surface area (Å²) < 4.78 is 6.52. The first-order valence-corrected chi connectivity index (χ1v) is 8.50. The maximum Gasteiger partial charge on any atom is 0.180 e. The molecule has 1 aliphatic rings. The molecule has 2 aromatic rings. The van der Waals surface area contributed by atoms with Gasteiger partial charge < -0.3 is 4.74 Å². The molecule has 0 fully saturated rings. The normalized spacial score (nSPS) is 15.3. The number of ether oxygens (including phenoxy) is 1. The topological polar surface area (TPSA) is 9.23 Å². The van der Waals surface area contributed by atoms with Gasteiger partial charge in [0.1, 0.15) is 0 Å². The van der Waals surface area contributed by atoms with Crippen LogP contribution in [-0.2, 0) is 10.3 Å². The van der Waals surface area contributed by atoms with Crippen LogP contribution in [0.5, 0.6) is 0 Å². The summed E-state index contributed by atoms with van der Waals surface area (Å²) in [6.07, 6.45) is 2.36. The predicted molar refractivity (Wildman–Crippen MR) is 96.1 cm³/mol. The molecule has 0 saturated carbocycles. The zero-order valence-electron chi connectivity index (χ0n) is 14.2. The second kappa shape index (κ2) is 6.60. The van der Waals surface area contributed by atoms with Crippen molar-refractivity contribution >= 4 is 0 Å². The summed E-state index contributed by atoms with van der Waals surface area (Å²) in [5, 5.41) is 0. The molecule has 118 valence electrons. The Labute approximate surface area is 139 Å². The molecule has 0 aromatic heterocycles. The summed E-state index contributed by atoms with van der Waals surface area (Å²) in [5.74, 6) is 7.05. The van der Waals surface area contributed by atoms with E-state index in [0.717, 1.165) is 6.61 Å². The van der Waals surface area contributed by atoms with E-state index < -0.39 is 5.60 Å². The van der Waals surface area contributed by atoms with Gasteiger partial charge in [0.15, 0.2) is 5.60 Å². The first-order chi connectivity index (χ1) is 11.2. The molecule has 0 amide bonds. The van der Waals surface area contributed by atoms with E-state index in [1.54, 1.807) is 0 Å². The molecule has 0 saturated heterocycles. The van der Waals surface area contributed by atoms with Gasteiger partial charge in [0, 0.05) is 11.1 Å². The SMILES string of the molecule is CC#CC1(OCC(C)CCC)c2ccccc2-c2ccccc21. The molecule has 3 rings (SSSR count). The second-order valence-electron chi connectivity index (χ2n) is 6.35. The average molecular weight is 304 g/mol. The van der Waals surface area contributed by atoms with Crippen LogP contribution in [0, 0.1) is 17.8 Å². The van der Waals surface area contributed by atoms with E-state index in [1.165, 1.54) is 35.1 Å². The Kier molecular flexibility index (Phi) is 4.55. The van der Waals surface area contributed by atoms with Crippen LogP contribution >= 0.6 is 0 Å². The highest BCUT2D eigenvalue weighted by atomic mass is 16.5. The van der Waals surface area contributed by atoms with Crippen LogP contribution in [0.2, 0.25) is 0 Å². The van der Waals surface area contributed by atoms with Crippen molar-refractivity contribution in [3.63, 3.8) is 0 Å². The maximum absolute atomic E-state index is 6.52. The summed E-state index contributed by atoms with van der Waals surface area (Å²) in [6.45, 7) is 7.09. The van der Waals surface area contributed by atoms with Gasteiger partial charge in [-0.1, -0.05) is 74.7 Å². The minimum atomic E-state index is -0.621. The molecule has 1 heteroatoms. The van der Waals surface area contributed by atoms with E-state index in [-0.39, 0.29) is 0 Å². The van der Waals surface area contributed by atoms with Crippen molar-refractivity contribution in [3.05, 3.63) is 59.7 Å². The van der Waals surface area contributed by atoms with E-state index in [1.807, 2.05) is 6.92 Å². The van der Waals surface area contributed by atoms with Crippen molar-refractivity contribution in [2.24, 2.45) is 5.92 Å². The minimum absolute atomic E-state index is 0.537. The van der Waals surface area contributed by atoms with Crippen LogP contribution < -0.4 is 0 Å². The van der Waals surface area contributed by atoms with Crippen molar-refractivity contribution in [3.8, 4) is 23.0 Å². The fraction of sp³-hybridized carbons (Fsp3) is 0.364. The van der Waals surface area contributed by atoms with E-state index >= 15 is 0 Å². The Bertz CT molecular complexity index is 702. The van der Waals surface area contributed by atoms with Crippen LogP contribution in [0.4, 0.5) is 0 Å². The van der Waals surface area contributed by atoms with Crippen molar-refractivity contribution in [1.29, 1.82) is 0 Å². The lowest BCUT2D eigenvalue weighted by molar-refractivity contribution is 0.00842. The van der Waals surface area contributed by atoms with Crippen LogP contribution in [-0.4, -0.2) is 6.61 Å². The number of fused-ring (bicyclic) bond motifs is 3. The molecule has 0 heterocycles. The molecular weight excluding hydrogens is 280 g/mol. The van der Waals surface area contributed by atoms with E-state index in [9.17, 15) is 0 Å². The summed E-state index contributed by atoms with van der Waals surface area (Å²) in [4.78, 5) is 0. The lowest BCUT2D eigenvalue weighted by Crippen LogP contribution is -2.29. The van der Waals surface area contributed by atoms with Crippen LogP contribution in [0.1, 0.15) is 44.7 Å². The average Bonchev–Trinajstić information content (AvgIpc) is 2.85. The first kappa shape index (κ1) is 15.8. The summed E-state index contributed by atoms with van der Waals surface area (Å²) in [6, 6.07) is 17.0. The zero-order chi connectivity index (χ0) is 16.3. The van der Waals surface area contributed by atoms with Crippen LogP contribution in [0.15, 0.2) is 48.5 Å². The van der Waals surface area contributed by atoms with E-state index in [2.05, 4.69) is 74.2 Å². The van der Waals surface area contributed by atoms with Crippen molar-refractivity contribution < 1.29 is 4.74 Å². The standard InChI is InChI=1S/C22H24O/c1-4-10-17(3)16-23-22(15-5-2)20-13-8-6-11-18(20)19-12-7-9-14-21(19)22/h6-9,11-14,17H,4,10,16H2,1-3H3. The number of hydrogen-bond donors (Lipinski definition) is 0. The number of hydrogen-bond acceptors (Lipinski definition) is 1. The fourth-order valence-corrected chi connectivity index (χ4v) is 3.54. The van der Waals surface area contributed by atoms with E-state index in [0.29, 0.717) is 5.92 Å². The third kappa shape index (κ3) is 2.69. The van der Waals surface area contributed by atoms with Crippen molar-refractivity contribution in [1.82, 2.24) is 0 Å². The minimum Gasteiger partial charge on any atom is -0.354 e. The molecule has 0 radical (unpaired) electrons. The monoisotopic (exact) mass is 304 g/mol. The zero-order valence-corrected chi connectivity index (χ0v) is 14.2. The van der Waals surface area contributed by atoms with Gasteiger partial charge in [-0.15, -0.1) is 5.92 Å². The maximum atomic E-state index is 6.52. The summed E-state index contributed by atoms with van der Waals surface area (Å²) >= 11 is 0. The van der Waals surface area contributed by atoms with Gasteiger partial charge >= 0.3 is 0 Å². The van der Waals surface area contributed by atoms with Crippen LogP contribution in [0.3, 0.4) is 0 Å². The van der Waals surface area contributed by atoms with Crippen molar-refractivity contribution in [2.75, 3.05) is 6.61 Å². The third-order valence-corrected chi connectivity index (χ3v) is 4.57. The molecule has 1 nitrogen and oxygen atoms in total. The van der Waals surface area contributed by atoms with E-state index in [4.69, 9.17) is 4.74 Å². The Morgan fingerprint density at radius 1 is 1.00 bits per heavy atom. The molecule has 0 aliphatic heterocycles. The number of rotatable bonds is 5. The van der Waals surface area contributed by atoms with Gasteiger partial charge in [0.25, 0.3) is 0 Å². The lowest BCUT2D eigenvalue weighted by atomic mass is 9.91. The lowest BCUT2D eigenvalue weighted by Gasteiger charge is -2.28. The molecule has 0 bridgehead atoms. The molecule has 23 heavy (non-hydrogen) atoms. The van der Waals surface area contributed by atoms with Crippen molar-refractivity contribution in [2.45, 2.75) is 39.2 Å². The highest BCUT2D eigenvalue weighted by Gasteiger charge is 2.43. The Morgan fingerprint density at radius 3 is 2.09 bits per heavy atom. The van der Waals surface area contributed by atoms with Gasteiger partial charge in [0.05, 0.1) is 6.61 Å². The summed E-state index contributed by atoms with van der Waals surface area (Å²) in [5.41, 5.74) is 4.23. The molecule has 1 aliphatic carbocycles. The second-order valence-corrected chi connectivity index (χ2v) is 6.35. The number of benzene rings is 2. The Morgan fingerprint density at radius 2 is 1.57 bits per heavy atom. The highest BCUT2D eigenvalue weighted by molar-refractivity contribution is 5.82. The highest BCUT2D eigenvalue weighted by Crippen LogP contribution is 2.49. The van der Waals surface area contributed by atoms with Crippen LogP contribution in [0.25, 0.3) is 11.1 Å². The van der Waals surface area contributed by atoms with Gasteiger partial charge in [-0.25, -0.2) is 0 Å². The predicted octanol–water partition coefficient (Wildman–Crippen LogP) is 5.39. The molecule has 1 unspecified atom stereocenters. The van der Waals surface area contributed by atoms with Gasteiger partial charge in [0.2, 0.25) is 0 Å². The molecule has 0 N–H and O–H groups in total. The van der Waals surface area contributed by atoms with Gasteiger partial charge in [-0.3, -0.25) is 0 Å². The molecule has 2 aromatic carbocycles. The Hall–Kier alpha value is -2.04. The molecular formula is C22H24O. The fourth-order valence-electron chi connectivity index (χ4n) is 3.54.